The maximum absolute atomic E-state index is 12.2. The van der Waals surface area contributed by atoms with Crippen LogP contribution in [0.3, 0.4) is 0 Å². The third kappa shape index (κ3) is 3.96. The minimum Gasteiger partial charge on any atom is -0.379 e. The Hall–Kier alpha value is -1.64. The van der Waals surface area contributed by atoms with Gasteiger partial charge in [0.25, 0.3) is 0 Å². The molecule has 0 bridgehead atoms. The highest BCUT2D eigenvalue weighted by atomic mass is 16.3. The molecule has 0 radical (unpaired) electrons. The largest absolute Gasteiger partial charge is 0.379 e. The molecule has 1 saturated heterocycles. The van der Waals surface area contributed by atoms with E-state index in [-0.39, 0.29) is 6.04 Å². The Morgan fingerprint density at radius 3 is 1.76 bits per heavy atom. The number of rotatable bonds is 6. The fraction of sp³-hybridized carbons (Fsp3) is 0.478. The Labute approximate surface area is 152 Å². The summed E-state index contributed by atoms with van der Waals surface area (Å²) in [4.78, 5) is 2.53. The minimum atomic E-state index is -0.982. The van der Waals surface area contributed by atoms with Gasteiger partial charge in [0.2, 0.25) is 0 Å². The van der Waals surface area contributed by atoms with E-state index in [9.17, 15) is 5.11 Å². The van der Waals surface area contributed by atoms with Crippen LogP contribution in [0.4, 0.5) is 0 Å². The number of likely N-dealkylation sites (tertiary alicyclic amines) is 1. The average Bonchev–Trinajstić information content (AvgIpc) is 2.67. The van der Waals surface area contributed by atoms with E-state index >= 15 is 0 Å². The zero-order chi connectivity index (χ0) is 17.7. The molecule has 134 valence electrons. The van der Waals surface area contributed by atoms with Gasteiger partial charge in [-0.05, 0) is 49.4 Å². The third-order valence-corrected chi connectivity index (χ3v) is 5.44. The van der Waals surface area contributed by atoms with Gasteiger partial charge in [-0.15, -0.1) is 0 Å². The molecule has 1 N–H and O–H groups in total. The molecule has 0 aromatic heterocycles. The van der Waals surface area contributed by atoms with Crippen molar-refractivity contribution in [1.82, 2.24) is 4.90 Å². The summed E-state index contributed by atoms with van der Waals surface area (Å²) in [6, 6.07) is 20.6. The van der Waals surface area contributed by atoms with Crippen LogP contribution in [-0.2, 0) is 5.60 Å². The first kappa shape index (κ1) is 18.2. The van der Waals surface area contributed by atoms with Gasteiger partial charge in [0.1, 0.15) is 5.60 Å². The second kappa shape index (κ2) is 8.16. The molecule has 2 heteroatoms. The van der Waals surface area contributed by atoms with Gasteiger partial charge in [0.15, 0.2) is 0 Å². The van der Waals surface area contributed by atoms with Crippen molar-refractivity contribution >= 4 is 0 Å². The van der Waals surface area contributed by atoms with Crippen LogP contribution in [0.15, 0.2) is 60.7 Å². The van der Waals surface area contributed by atoms with Crippen LogP contribution in [0.2, 0.25) is 0 Å². The lowest BCUT2D eigenvalue weighted by molar-refractivity contribution is -0.0365. The molecule has 1 fully saturated rings. The van der Waals surface area contributed by atoms with Crippen molar-refractivity contribution in [3.8, 4) is 0 Å². The lowest BCUT2D eigenvalue weighted by Gasteiger charge is -2.46. The molecule has 0 saturated carbocycles. The Bertz CT molecular complexity index is 592. The summed E-state index contributed by atoms with van der Waals surface area (Å²) >= 11 is 0. The zero-order valence-corrected chi connectivity index (χ0v) is 15.6. The van der Waals surface area contributed by atoms with Gasteiger partial charge >= 0.3 is 0 Å². The van der Waals surface area contributed by atoms with E-state index in [0.717, 1.165) is 30.6 Å². The Balaban J connectivity index is 2.09. The van der Waals surface area contributed by atoms with Gasteiger partial charge in [-0.25, -0.2) is 0 Å². The van der Waals surface area contributed by atoms with Crippen LogP contribution >= 0.6 is 0 Å². The van der Waals surface area contributed by atoms with Crippen molar-refractivity contribution in [2.75, 3.05) is 13.1 Å². The third-order valence-electron chi connectivity index (χ3n) is 5.44. The summed E-state index contributed by atoms with van der Waals surface area (Å²) in [7, 11) is 0. The van der Waals surface area contributed by atoms with Crippen molar-refractivity contribution in [2.24, 2.45) is 5.92 Å². The number of hydrogen-bond donors (Lipinski definition) is 1. The average molecular weight is 338 g/mol. The van der Waals surface area contributed by atoms with Gasteiger partial charge in [0.05, 0.1) is 0 Å². The van der Waals surface area contributed by atoms with Gasteiger partial charge < -0.3 is 5.11 Å². The molecule has 0 spiro atoms. The van der Waals surface area contributed by atoms with Crippen LogP contribution in [0.5, 0.6) is 0 Å². The van der Waals surface area contributed by atoms with Crippen molar-refractivity contribution in [1.29, 1.82) is 0 Å². The van der Waals surface area contributed by atoms with Crippen molar-refractivity contribution in [2.45, 2.75) is 51.2 Å². The van der Waals surface area contributed by atoms with E-state index < -0.39 is 5.60 Å². The van der Waals surface area contributed by atoms with Crippen LogP contribution in [0.1, 0.15) is 50.7 Å². The molecule has 2 aromatic rings. The molecular weight excluding hydrogens is 306 g/mol. The molecule has 1 heterocycles. The SMILES string of the molecule is CC(C)C[C@H](N1CCCCC1)C(O)(c1ccccc1)c1ccccc1. The lowest BCUT2D eigenvalue weighted by atomic mass is 9.76. The van der Waals surface area contributed by atoms with Gasteiger partial charge in [0, 0.05) is 6.04 Å². The first-order valence-electron chi connectivity index (χ1n) is 9.70. The maximum atomic E-state index is 12.2. The number of aliphatic hydroxyl groups is 1. The molecule has 2 aromatic carbocycles. The smallest absolute Gasteiger partial charge is 0.130 e. The maximum Gasteiger partial charge on any atom is 0.130 e. The monoisotopic (exact) mass is 337 g/mol. The molecule has 1 atom stereocenters. The number of hydrogen-bond acceptors (Lipinski definition) is 2. The molecule has 25 heavy (non-hydrogen) atoms. The fourth-order valence-electron chi connectivity index (χ4n) is 4.20. The van der Waals surface area contributed by atoms with Crippen LogP contribution < -0.4 is 0 Å². The fourth-order valence-corrected chi connectivity index (χ4v) is 4.20. The molecule has 0 aliphatic carbocycles. The highest BCUT2D eigenvalue weighted by Gasteiger charge is 2.43. The second-order valence-electron chi connectivity index (χ2n) is 7.74. The molecule has 0 amide bonds. The molecule has 3 rings (SSSR count). The summed E-state index contributed by atoms with van der Waals surface area (Å²) in [5.74, 6) is 0.533. The van der Waals surface area contributed by atoms with E-state index in [1.807, 2.05) is 36.4 Å². The van der Waals surface area contributed by atoms with Crippen molar-refractivity contribution < 1.29 is 5.11 Å². The molecular formula is C23H31NO. The Morgan fingerprint density at radius 2 is 1.32 bits per heavy atom. The van der Waals surface area contributed by atoms with E-state index in [0.29, 0.717) is 5.92 Å². The highest BCUT2D eigenvalue weighted by Crippen LogP contribution is 2.39. The molecule has 0 unspecified atom stereocenters. The minimum absolute atomic E-state index is 0.0950. The molecule has 1 aliphatic heterocycles. The number of piperidine rings is 1. The van der Waals surface area contributed by atoms with E-state index in [1.165, 1.54) is 19.3 Å². The molecule has 2 nitrogen and oxygen atoms in total. The standard InChI is InChI=1S/C23H31NO/c1-19(2)18-22(24-16-10-5-11-17-24)23(25,20-12-6-3-7-13-20)21-14-8-4-9-15-21/h3-4,6-9,12-15,19,22,25H,5,10-11,16-18H2,1-2H3/t22-/m0/s1. The zero-order valence-electron chi connectivity index (χ0n) is 15.6. The van der Waals surface area contributed by atoms with Crippen molar-refractivity contribution in [3.63, 3.8) is 0 Å². The predicted molar refractivity (Wildman–Crippen MR) is 105 cm³/mol. The summed E-state index contributed by atoms with van der Waals surface area (Å²) in [5.41, 5.74) is 1.01. The lowest BCUT2D eigenvalue weighted by Crippen LogP contribution is -2.53. The van der Waals surface area contributed by atoms with Crippen LogP contribution in [-0.4, -0.2) is 29.1 Å². The van der Waals surface area contributed by atoms with Gasteiger partial charge in [-0.1, -0.05) is 80.9 Å². The number of benzene rings is 2. The summed E-state index contributed by atoms with van der Waals surface area (Å²) in [5, 5.41) is 12.2. The number of nitrogens with zero attached hydrogens (tertiary/aromatic N) is 1. The van der Waals surface area contributed by atoms with Crippen LogP contribution in [0.25, 0.3) is 0 Å². The summed E-state index contributed by atoms with van der Waals surface area (Å²) in [6.45, 7) is 6.68. The Kier molecular flexibility index (Phi) is 5.93. The van der Waals surface area contributed by atoms with Gasteiger partial charge in [-0.2, -0.15) is 0 Å². The highest BCUT2D eigenvalue weighted by molar-refractivity contribution is 5.38. The van der Waals surface area contributed by atoms with E-state index in [1.54, 1.807) is 0 Å². The first-order valence-corrected chi connectivity index (χ1v) is 9.70. The van der Waals surface area contributed by atoms with E-state index in [4.69, 9.17) is 0 Å². The second-order valence-corrected chi connectivity index (χ2v) is 7.74. The Morgan fingerprint density at radius 1 is 0.840 bits per heavy atom. The van der Waals surface area contributed by atoms with E-state index in [2.05, 4.69) is 43.0 Å². The predicted octanol–water partition coefficient (Wildman–Crippen LogP) is 4.82. The normalized spacial score (nSPS) is 17.6. The first-order chi connectivity index (χ1) is 12.1. The summed E-state index contributed by atoms with van der Waals surface area (Å²) in [6.07, 6.45) is 4.75. The van der Waals surface area contributed by atoms with Crippen LogP contribution in [0, 0.1) is 5.92 Å². The van der Waals surface area contributed by atoms with Gasteiger partial charge in [-0.3, -0.25) is 4.90 Å². The molecule has 1 aliphatic rings. The quantitative estimate of drug-likeness (QED) is 0.816. The topological polar surface area (TPSA) is 23.5 Å². The van der Waals surface area contributed by atoms with Crippen molar-refractivity contribution in [3.05, 3.63) is 71.8 Å². The summed E-state index contributed by atoms with van der Waals surface area (Å²) < 4.78 is 0.